The SMILES string of the molecule is CC(C)C1CCCN1Cc1cccc(CN)n1. The zero-order valence-electron chi connectivity index (χ0n) is 10.9. The summed E-state index contributed by atoms with van der Waals surface area (Å²) >= 11 is 0. The van der Waals surface area contributed by atoms with Gasteiger partial charge in [-0.25, -0.2) is 0 Å². The van der Waals surface area contributed by atoms with Gasteiger partial charge in [0.2, 0.25) is 0 Å². The van der Waals surface area contributed by atoms with E-state index in [1.807, 2.05) is 6.07 Å². The predicted molar refractivity (Wildman–Crippen MR) is 70.4 cm³/mol. The molecule has 3 nitrogen and oxygen atoms in total. The second kappa shape index (κ2) is 5.61. The Morgan fingerprint density at radius 2 is 2.18 bits per heavy atom. The quantitative estimate of drug-likeness (QED) is 0.866. The Labute approximate surface area is 104 Å². The molecule has 0 radical (unpaired) electrons. The molecule has 1 saturated heterocycles. The highest BCUT2D eigenvalue weighted by Gasteiger charge is 2.26. The molecule has 0 spiro atoms. The minimum Gasteiger partial charge on any atom is -0.325 e. The molecule has 94 valence electrons. The van der Waals surface area contributed by atoms with Crippen LogP contribution in [0.4, 0.5) is 0 Å². The maximum Gasteiger partial charge on any atom is 0.0547 e. The molecule has 1 aliphatic rings. The van der Waals surface area contributed by atoms with E-state index >= 15 is 0 Å². The maximum absolute atomic E-state index is 5.63. The van der Waals surface area contributed by atoms with Crippen LogP contribution in [0.15, 0.2) is 18.2 Å². The highest BCUT2D eigenvalue weighted by Crippen LogP contribution is 2.25. The molecule has 2 N–H and O–H groups in total. The van der Waals surface area contributed by atoms with E-state index in [9.17, 15) is 0 Å². The van der Waals surface area contributed by atoms with Crippen molar-refractivity contribution >= 4 is 0 Å². The van der Waals surface area contributed by atoms with E-state index in [0.29, 0.717) is 6.54 Å². The van der Waals surface area contributed by atoms with Gasteiger partial charge in [-0.05, 0) is 37.4 Å². The molecule has 2 heterocycles. The minimum atomic E-state index is 0.529. The van der Waals surface area contributed by atoms with Gasteiger partial charge in [-0.1, -0.05) is 19.9 Å². The van der Waals surface area contributed by atoms with E-state index in [4.69, 9.17) is 5.73 Å². The third-order valence-corrected chi connectivity index (χ3v) is 3.62. The zero-order valence-corrected chi connectivity index (χ0v) is 10.9. The number of likely N-dealkylation sites (tertiary alicyclic amines) is 1. The van der Waals surface area contributed by atoms with Crippen molar-refractivity contribution in [3.8, 4) is 0 Å². The lowest BCUT2D eigenvalue weighted by Gasteiger charge is -2.27. The molecular weight excluding hydrogens is 210 g/mol. The Morgan fingerprint density at radius 1 is 1.41 bits per heavy atom. The van der Waals surface area contributed by atoms with Gasteiger partial charge in [0.25, 0.3) is 0 Å². The number of pyridine rings is 1. The molecule has 1 fully saturated rings. The van der Waals surface area contributed by atoms with Gasteiger partial charge in [-0.15, -0.1) is 0 Å². The topological polar surface area (TPSA) is 42.1 Å². The van der Waals surface area contributed by atoms with Crippen LogP contribution >= 0.6 is 0 Å². The summed E-state index contributed by atoms with van der Waals surface area (Å²) in [5.74, 6) is 0.732. The molecular formula is C14H23N3. The van der Waals surface area contributed by atoms with Gasteiger partial charge in [-0.2, -0.15) is 0 Å². The Balaban J connectivity index is 2.04. The van der Waals surface area contributed by atoms with E-state index < -0.39 is 0 Å². The number of nitrogens with zero attached hydrogens (tertiary/aromatic N) is 2. The molecule has 2 rings (SSSR count). The number of aromatic nitrogens is 1. The third kappa shape index (κ3) is 3.05. The molecule has 0 saturated carbocycles. The molecule has 17 heavy (non-hydrogen) atoms. The maximum atomic E-state index is 5.63. The summed E-state index contributed by atoms with van der Waals surface area (Å²) < 4.78 is 0. The molecule has 1 aromatic heterocycles. The van der Waals surface area contributed by atoms with Crippen LogP contribution in [0.5, 0.6) is 0 Å². The molecule has 1 atom stereocenters. The van der Waals surface area contributed by atoms with Crippen molar-refractivity contribution in [2.75, 3.05) is 6.54 Å². The predicted octanol–water partition coefficient (Wildman–Crippen LogP) is 2.16. The number of rotatable bonds is 4. The summed E-state index contributed by atoms with van der Waals surface area (Å²) in [6.07, 6.45) is 2.65. The Bertz CT molecular complexity index is 362. The second-order valence-corrected chi connectivity index (χ2v) is 5.25. The van der Waals surface area contributed by atoms with Crippen LogP contribution in [-0.2, 0) is 13.1 Å². The highest BCUT2D eigenvalue weighted by atomic mass is 15.2. The fourth-order valence-electron chi connectivity index (χ4n) is 2.74. The first-order valence-corrected chi connectivity index (χ1v) is 6.59. The first-order chi connectivity index (χ1) is 8.20. The van der Waals surface area contributed by atoms with Gasteiger partial charge in [0, 0.05) is 19.1 Å². The van der Waals surface area contributed by atoms with Crippen LogP contribution in [0.25, 0.3) is 0 Å². The van der Waals surface area contributed by atoms with Crippen LogP contribution in [0, 0.1) is 5.92 Å². The fraction of sp³-hybridized carbons (Fsp3) is 0.643. The van der Waals surface area contributed by atoms with E-state index in [-0.39, 0.29) is 0 Å². The lowest BCUT2D eigenvalue weighted by Crippen LogP contribution is -2.33. The van der Waals surface area contributed by atoms with Crippen molar-refractivity contribution < 1.29 is 0 Å². The standard InChI is InChI=1S/C14H23N3/c1-11(2)14-7-4-8-17(14)10-13-6-3-5-12(9-15)16-13/h3,5-6,11,14H,4,7-10,15H2,1-2H3. The summed E-state index contributed by atoms with van der Waals surface area (Å²) in [6.45, 7) is 7.33. The van der Waals surface area contributed by atoms with Crippen molar-refractivity contribution in [2.45, 2.75) is 45.8 Å². The van der Waals surface area contributed by atoms with E-state index in [1.165, 1.54) is 19.4 Å². The lowest BCUT2D eigenvalue weighted by molar-refractivity contribution is 0.196. The second-order valence-electron chi connectivity index (χ2n) is 5.25. The molecule has 0 amide bonds. The normalized spacial score (nSPS) is 21.3. The minimum absolute atomic E-state index is 0.529. The molecule has 3 heteroatoms. The third-order valence-electron chi connectivity index (χ3n) is 3.62. The molecule has 0 aliphatic carbocycles. The van der Waals surface area contributed by atoms with Gasteiger partial charge in [0.05, 0.1) is 11.4 Å². The average Bonchev–Trinajstić information content (AvgIpc) is 2.77. The number of nitrogens with two attached hydrogens (primary N) is 1. The van der Waals surface area contributed by atoms with Crippen LogP contribution in [0.3, 0.4) is 0 Å². The van der Waals surface area contributed by atoms with Crippen molar-refractivity contribution in [3.05, 3.63) is 29.6 Å². The monoisotopic (exact) mass is 233 g/mol. The molecule has 1 aliphatic heterocycles. The fourth-order valence-corrected chi connectivity index (χ4v) is 2.74. The highest BCUT2D eigenvalue weighted by molar-refractivity contribution is 5.11. The molecule has 0 aromatic carbocycles. The van der Waals surface area contributed by atoms with E-state index in [1.54, 1.807) is 0 Å². The first kappa shape index (κ1) is 12.5. The van der Waals surface area contributed by atoms with Crippen LogP contribution in [0.2, 0.25) is 0 Å². The van der Waals surface area contributed by atoms with Gasteiger partial charge in [0.15, 0.2) is 0 Å². The largest absolute Gasteiger partial charge is 0.325 e. The summed E-state index contributed by atoms with van der Waals surface area (Å²) in [7, 11) is 0. The number of hydrogen-bond acceptors (Lipinski definition) is 3. The van der Waals surface area contributed by atoms with Crippen molar-refractivity contribution in [3.63, 3.8) is 0 Å². The molecule has 1 unspecified atom stereocenters. The van der Waals surface area contributed by atoms with Gasteiger partial charge >= 0.3 is 0 Å². The average molecular weight is 233 g/mol. The Hall–Kier alpha value is -0.930. The van der Waals surface area contributed by atoms with Gasteiger partial charge in [0.1, 0.15) is 0 Å². The summed E-state index contributed by atoms with van der Waals surface area (Å²) in [4.78, 5) is 7.14. The zero-order chi connectivity index (χ0) is 12.3. The Kier molecular flexibility index (Phi) is 4.13. The lowest BCUT2D eigenvalue weighted by atomic mass is 10.0. The van der Waals surface area contributed by atoms with E-state index in [0.717, 1.165) is 29.9 Å². The van der Waals surface area contributed by atoms with Gasteiger partial charge < -0.3 is 5.73 Å². The smallest absolute Gasteiger partial charge is 0.0547 e. The summed E-state index contributed by atoms with van der Waals surface area (Å²) in [6, 6.07) is 6.88. The number of hydrogen-bond donors (Lipinski definition) is 1. The molecule has 0 bridgehead atoms. The van der Waals surface area contributed by atoms with Crippen molar-refractivity contribution in [1.82, 2.24) is 9.88 Å². The van der Waals surface area contributed by atoms with Crippen LogP contribution in [0.1, 0.15) is 38.1 Å². The van der Waals surface area contributed by atoms with Crippen LogP contribution < -0.4 is 5.73 Å². The summed E-state index contributed by atoms with van der Waals surface area (Å²) in [5, 5.41) is 0. The van der Waals surface area contributed by atoms with Gasteiger partial charge in [-0.3, -0.25) is 9.88 Å². The van der Waals surface area contributed by atoms with E-state index in [2.05, 4.69) is 35.9 Å². The first-order valence-electron chi connectivity index (χ1n) is 6.59. The van der Waals surface area contributed by atoms with Crippen molar-refractivity contribution in [2.24, 2.45) is 11.7 Å². The van der Waals surface area contributed by atoms with Crippen LogP contribution in [-0.4, -0.2) is 22.5 Å². The summed E-state index contributed by atoms with van der Waals surface area (Å²) in [5.41, 5.74) is 7.77. The molecule has 1 aromatic rings. The Morgan fingerprint density at radius 3 is 2.88 bits per heavy atom. The van der Waals surface area contributed by atoms with Crippen molar-refractivity contribution in [1.29, 1.82) is 0 Å².